The lowest BCUT2D eigenvalue weighted by Crippen LogP contribution is -2.41. The van der Waals surface area contributed by atoms with Gasteiger partial charge in [-0.1, -0.05) is 0 Å². The van der Waals surface area contributed by atoms with Gasteiger partial charge in [-0.25, -0.2) is 8.42 Å². The van der Waals surface area contributed by atoms with Crippen molar-refractivity contribution in [3.8, 4) is 0 Å². The highest BCUT2D eigenvalue weighted by Crippen LogP contribution is 2.04. The van der Waals surface area contributed by atoms with Crippen LogP contribution in [0.25, 0.3) is 0 Å². The van der Waals surface area contributed by atoms with E-state index in [1.54, 1.807) is 0 Å². The van der Waals surface area contributed by atoms with Crippen molar-refractivity contribution in [3.63, 3.8) is 0 Å². The van der Waals surface area contributed by atoms with Crippen LogP contribution < -0.4 is 5.32 Å². The van der Waals surface area contributed by atoms with Crippen molar-refractivity contribution in [1.82, 2.24) is 5.32 Å². The molecule has 11 heavy (non-hydrogen) atoms. The first-order valence-electron chi connectivity index (χ1n) is 3.32. The van der Waals surface area contributed by atoms with Crippen molar-refractivity contribution in [3.05, 3.63) is 0 Å². The minimum absolute atomic E-state index is 0.110. The van der Waals surface area contributed by atoms with E-state index in [9.17, 15) is 8.42 Å². The van der Waals surface area contributed by atoms with Crippen molar-refractivity contribution in [2.45, 2.75) is 6.10 Å². The van der Waals surface area contributed by atoms with Crippen LogP contribution in [0.5, 0.6) is 0 Å². The van der Waals surface area contributed by atoms with E-state index in [1.165, 1.54) is 0 Å². The molecular weight excluding hydrogens is 190 g/mol. The molecule has 0 radical (unpaired) electrons. The number of nitrogens with one attached hydrogen (secondary N) is 1. The highest BCUT2D eigenvalue weighted by molar-refractivity contribution is 8.13. The number of hydrogen-bond donors (Lipinski definition) is 1. The summed E-state index contributed by atoms with van der Waals surface area (Å²) in [5.41, 5.74) is 0. The van der Waals surface area contributed by atoms with Crippen LogP contribution in [0, 0.1) is 0 Å². The van der Waals surface area contributed by atoms with Crippen LogP contribution in [-0.2, 0) is 13.8 Å². The minimum atomic E-state index is -3.42. The van der Waals surface area contributed by atoms with Gasteiger partial charge in [0.2, 0.25) is 9.05 Å². The van der Waals surface area contributed by atoms with Gasteiger partial charge in [0.25, 0.3) is 0 Å². The second-order valence-corrected chi connectivity index (χ2v) is 5.22. The van der Waals surface area contributed by atoms with Gasteiger partial charge in [0, 0.05) is 23.8 Å². The van der Waals surface area contributed by atoms with E-state index in [0.717, 1.165) is 6.54 Å². The second kappa shape index (κ2) is 3.71. The molecule has 0 aromatic heterocycles. The van der Waals surface area contributed by atoms with Crippen LogP contribution in [0.15, 0.2) is 0 Å². The Morgan fingerprint density at radius 1 is 1.64 bits per heavy atom. The normalized spacial score (nSPS) is 26.8. The molecule has 1 N–H and O–H groups in total. The molecule has 0 spiro atoms. The van der Waals surface area contributed by atoms with E-state index in [0.29, 0.717) is 13.2 Å². The first kappa shape index (κ1) is 9.25. The Morgan fingerprint density at radius 3 is 2.82 bits per heavy atom. The highest BCUT2D eigenvalue weighted by atomic mass is 35.7. The van der Waals surface area contributed by atoms with Crippen molar-refractivity contribution in [2.24, 2.45) is 0 Å². The lowest BCUT2D eigenvalue weighted by atomic mass is 10.3. The molecule has 1 atom stereocenters. The topological polar surface area (TPSA) is 55.4 Å². The summed E-state index contributed by atoms with van der Waals surface area (Å²) in [5.74, 6) is -0.110. The molecule has 0 unspecified atom stereocenters. The van der Waals surface area contributed by atoms with Crippen molar-refractivity contribution >= 4 is 19.7 Å². The fourth-order valence-electron chi connectivity index (χ4n) is 0.949. The van der Waals surface area contributed by atoms with E-state index in [4.69, 9.17) is 15.4 Å². The summed E-state index contributed by atoms with van der Waals surface area (Å²) < 4.78 is 26.2. The van der Waals surface area contributed by atoms with Crippen molar-refractivity contribution in [2.75, 3.05) is 25.4 Å². The van der Waals surface area contributed by atoms with E-state index in [2.05, 4.69) is 5.32 Å². The molecule has 0 aromatic carbocycles. The molecule has 1 saturated heterocycles. The summed E-state index contributed by atoms with van der Waals surface area (Å²) in [6.07, 6.45) is -0.286. The van der Waals surface area contributed by atoms with Crippen LogP contribution in [-0.4, -0.2) is 40.0 Å². The zero-order valence-electron chi connectivity index (χ0n) is 5.92. The number of hydrogen-bond acceptors (Lipinski definition) is 4. The summed E-state index contributed by atoms with van der Waals surface area (Å²) in [7, 11) is 1.61. The predicted molar refractivity (Wildman–Crippen MR) is 42.2 cm³/mol. The third-order valence-corrected chi connectivity index (χ3v) is 2.54. The van der Waals surface area contributed by atoms with Gasteiger partial charge in [-0.15, -0.1) is 0 Å². The molecule has 0 amide bonds. The number of halogens is 1. The largest absolute Gasteiger partial charge is 0.374 e. The molecule has 1 aliphatic rings. The Morgan fingerprint density at radius 2 is 2.36 bits per heavy atom. The SMILES string of the molecule is O=S(=O)(Cl)C[C@H]1CNCCO1. The van der Waals surface area contributed by atoms with Gasteiger partial charge in [0.05, 0.1) is 18.5 Å². The molecule has 66 valence electrons. The summed E-state index contributed by atoms with van der Waals surface area (Å²) in [6, 6.07) is 0. The lowest BCUT2D eigenvalue weighted by molar-refractivity contribution is 0.0432. The molecule has 1 rings (SSSR count). The third-order valence-electron chi connectivity index (χ3n) is 1.39. The van der Waals surface area contributed by atoms with Gasteiger partial charge in [-0.05, 0) is 0 Å². The highest BCUT2D eigenvalue weighted by Gasteiger charge is 2.19. The smallest absolute Gasteiger partial charge is 0.235 e. The molecule has 0 saturated carbocycles. The van der Waals surface area contributed by atoms with Crippen LogP contribution >= 0.6 is 10.7 Å². The molecule has 0 aliphatic carbocycles. The summed E-state index contributed by atoms with van der Waals surface area (Å²) in [5, 5.41) is 3.01. The Bertz CT molecular complexity index is 210. The molecule has 0 bridgehead atoms. The van der Waals surface area contributed by atoms with Crippen LogP contribution in [0.2, 0.25) is 0 Å². The lowest BCUT2D eigenvalue weighted by Gasteiger charge is -2.21. The fraction of sp³-hybridized carbons (Fsp3) is 1.00. The Labute approximate surface area is 70.3 Å². The van der Waals surface area contributed by atoms with E-state index < -0.39 is 9.05 Å². The molecule has 1 heterocycles. The predicted octanol–water partition coefficient (Wildman–Crippen LogP) is -0.457. The fourth-order valence-corrected chi connectivity index (χ4v) is 2.03. The Kier molecular flexibility index (Phi) is 3.12. The standard InChI is InChI=1S/C5H10ClNO3S/c6-11(8,9)4-5-3-7-1-2-10-5/h5,7H,1-4H2/t5-/m1/s1. The van der Waals surface area contributed by atoms with E-state index in [-0.39, 0.29) is 11.9 Å². The van der Waals surface area contributed by atoms with Crippen molar-refractivity contribution in [1.29, 1.82) is 0 Å². The third kappa shape index (κ3) is 3.91. The maximum Gasteiger partial charge on any atom is 0.235 e. The summed E-state index contributed by atoms with van der Waals surface area (Å²) in [4.78, 5) is 0. The zero-order chi connectivity index (χ0) is 8.32. The minimum Gasteiger partial charge on any atom is -0.374 e. The van der Waals surface area contributed by atoms with Crippen LogP contribution in [0.1, 0.15) is 0 Å². The zero-order valence-corrected chi connectivity index (χ0v) is 7.49. The van der Waals surface area contributed by atoms with Gasteiger partial charge in [-0.2, -0.15) is 0 Å². The Hall–Kier alpha value is 0.160. The van der Waals surface area contributed by atoms with Gasteiger partial charge in [0.15, 0.2) is 0 Å². The number of rotatable bonds is 2. The van der Waals surface area contributed by atoms with E-state index >= 15 is 0 Å². The van der Waals surface area contributed by atoms with Gasteiger partial charge in [-0.3, -0.25) is 0 Å². The average Bonchev–Trinajstić information content (AvgIpc) is 1.85. The van der Waals surface area contributed by atoms with Crippen LogP contribution in [0.3, 0.4) is 0 Å². The summed E-state index contributed by atoms with van der Waals surface area (Å²) in [6.45, 7) is 1.89. The molecular formula is C5H10ClNO3S. The Balaban J connectivity index is 2.36. The molecule has 4 nitrogen and oxygen atoms in total. The molecule has 1 aliphatic heterocycles. The maximum absolute atomic E-state index is 10.6. The molecule has 0 aromatic rings. The molecule has 1 fully saturated rings. The van der Waals surface area contributed by atoms with Gasteiger partial charge < -0.3 is 10.1 Å². The monoisotopic (exact) mass is 199 g/mol. The quantitative estimate of drug-likeness (QED) is 0.612. The number of morpholine rings is 1. The summed E-state index contributed by atoms with van der Waals surface area (Å²) >= 11 is 0. The second-order valence-electron chi connectivity index (χ2n) is 2.40. The van der Waals surface area contributed by atoms with Crippen LogP contribution in [0.4, 0.5) is 0 Å². The maximum atomic E-state index is 10.6. The van der Waals surface area contributed by atoms with Gasteiger partial charge in [0.1, 0.15) is 0 Å². The van der Waals surface area contributed by atoms with E-state index in [1.807, 2.05) is 0 Å². The van der Waals surface area contributed by atoms with Crippen molar-refractivity contribution < 1.29 is 13.2 Å². The number of ether oxygens (including phenoxy) is 1. The average molecular weight is 200 g/mol. The first-order chi connectivity index (χ1) is 5.08. The molecule has 6 heteroatoms. The first-order valence-corrected chi connectivity index (χ1v) is 5.80. The van der Waals surface area contributed by atoms with Gasteiger partial charge >= 0.3 is 0 Å².